The van der Waals surface area contributed by atoms with Crippen molar-refractivity contribution >= 4 is 46.6 Å². The van der Waals surface area contributed by atoms with Crippen LogP contribution < -0.4 is 15.5 Å². The summed E-state index contributed by atoms with van der Waals surface area (Å²) in [4.78, 5) is 25.6. The average molecular weight is 390 g/mol. The second kappa shape index (κ2) is 8.96. The van der Waals surface area contributed by atoms with Crippen molar-refractivity contribution in [3.63, 3.8) is 0 Å². The van der Waals surface area contributed by atoms with Gasteiger partial charge in [0.2, 0.25) is 11.8 Å². The number of benzene rings is 2. The first kappa shape index (κ1) is 18.6. The van der Waals surface area contributed by atoms with Crippen LogP contribution in [0.5, 0.6) is 0 Å². The largest absolute Gasteiger partial charge is 0.360 e. The van der Waals surface area contributed by atoms with E-state index < -0.39 is 0 Å². The van der Waals surface area contributed by atoms with Crippen LogP contribution in [0.3, 0.4) is 0 Å². The van der Waals surface area contributed by atoms with E-state index in [0.717, 1.165) is 29.2 Å². The van der Waals surface area contributed by atoms with Gasteiger partial charge < -0.3 is 15.5 Å². The lowest BCUT2D eigenvalue weighted by molar-refractivity contribution is -0.120. The second-order valence-electron chi connectivity index (χ2n) is 5.99. The molecule has 1 heterocycles. The summed E-state index contributed by atoms with van der Waals surface area (Å²) in [5, 5.41) is 6.42. The molecule has 136 valence electrons. The van der Waals surface area contributed by atoms with Crippen molar-refractivity contribution in [2.24, 2.45) is 0 Å². The highest BCUT2D eigenvalue weighted by Gasteiger charge is 2.16. The molecule has 0 atom stereocenters. The number of carbonyl (C=O) groups is 2. The minimum atomic E-state index is -0.0333. The van der Waals surface area contributed by atoms with E-state index in [1.54, 1.807) is 11.8 Å². The van der Waals surface area contributed by atoms with Crippen molar-refractivity contribution in [3.8, 4) is 0 Å². The molecule has 5 nitrogen and oxygen atoms in total. The first-order valence-corrected chi connectivity index (χ1v) is 9.87. The predicted molar refractivity (Wildman–Crippen MR) is 108 cm³/mol. The zero-order valence-corrected chi connectivity index (χ0v) is 15.8. The van der Waals surface area contributed by atoms with Gasteiger partial charge in [-0.05, 0) is 42.0 Å². The maximum atomic E-state index is 12.1. The van der Waals surface area contributed by atoms with Crippen LogP contribution in [0.1, 0.15) is 5.56 Å². The van der Waals surface area contributed by atoms with Crippen LogP contribution in [0.4, 0.5) is 11.4 Å². The molecule has 2 aromatic rings. The van der Waals surface area contributed by atoms with E-state index in [1.807, 2.05) is 53.4 Å². The molecule has 0 aliphatic carbocycles. The molecule has 0 unspecified atom stereocenters. The van der Waals surface area contributed by atoms with Gasteiger partial charge in [-0.1, -0.05) is 23.7 Å². The highest BCUT2D eigenvalue weighted by Crippen LogP contribution is 2.19. The predicted octanol–water partition coefficient (Wildman–Crippen LogP) is 3.15. The van der Waals surface area contributed by atoms with Gasteiger partial charge >= 0.3 is 0 Å². The standard InChI is InChI=1S/C19H20ClN3O2S/c20-15-3-1-14(2-4-15)12-26-13-19(25)22-16-5-7-17(8-6-16)23-10-9-21-18(24)11-23/h1-8H,9-13H2,(H,21,24)(H,22,25). The quantitative estimate of drug-likeness (QED) is 0.796. The van der Waals surface area contributed by atoms with Crippen LogP contribution in [0.15, 0.2) is 48.5 Å². The summed E-state index contributed by atoms with van der Waals surface area (Å²) in [5.74, 6) is 1.15. The van der Waals surface area contributed by atoms with Crippen LogP contribution in [-0.4, -0.2) is 37.2 Å². The lowest BCUT2D eigenvalue weighted by Crippen LogP contribution is -2.47. The summed E-state index contributed by atoms with van der Waals surface area (Å²) in [6.45, 7) is 1.81. The number of carbonyl (C=O) groups excluding carboxylic acids is 2. The summed E-state index contributed by atoms with van der Waals surface area (Å²) < 4.78 is 0. The van der Waals surface area contributed by atoms with Crippen LogP contribution in [0.2, 0.25) is 5.02 Å². The van der Waals surface area contributed by atoms with Crippen LogP contribution >= 0.6 is 23.4 Å². The van der Waals surface area contributed by atoms with Crippen molar-refractivity contribution in [1.29, 1.82) is 0 Å². The Hall–Kier alpha value is -2.18. The van der Waals surface area contributed by atoms with Gasteiger partial charge in [-0.2, -0.15) is 0 Å². The fourth-order valence-electron chi connectivity index (χ4n) is 2.65. The summed E-state index contributed by atoms with van der Waals surface area (Å²) >= 11 is 7.42. The lowest BCUT2D eigenvalue weighted by Gasteiger charge is -2.28. The van der Waals surface area contributed by atoms with E-state index in [-0.39, 0.29) is 11.8 Å². The molecule has 0 radical (unpaired) electrons. The normalized spacial score (nSPS) is 14.0. The van der Waals surface area contributed by atoms with Crippen molar-refractivity contribution in [1.82, 2.24) is 5.32 Å². The topological polar surface area (TPSA) is 61.4 Å². The van der Waals surface area contributed by atoms with Crippen LogP contribution in [0.25, 0.3) is 0 Å². The van der Waals surface area contributed by atoms with Gasteiger partial charge in [-0.15, -0.1) is 11.8 Å². The third-order valence-electron chi connectivity index (χ3n) is 3.97. The van der Waals surface area contributed by atoms with Crippen LogP contribution in [0, 0.1) is 0 Å². The molecular formula is C19H20ClN3O2S. The maximum absolute atomic E-state index is 12.1. The SMILES string of the molecule is O=C1CN(c2ccc(NC(=O)CSCc3ccc(Cl)cc3)cc2)CCN1. The number of hydrogen-bond donors (Lipinski definition) is 2. The Kier molecular flexibility index (Phi) is 6.41. The average Bonchev–Trinajstić information content (AvgIpc) is 2.64. The monoisotopic (exact) mass is 389 g/mol. The minimum Gasteiger partial charge on any atom is -0.360 e. The van der Waals surface area contributed by atoms with Gasteiger partial charge in [0.25, 0.3) is 0 Å². The first-order chi connectivity index (χ1) is 12.6. The van der Waals surface area contributed by atoms with E-state index in [0.29, 0.717) is 23.9 Å². The number of halogens is 1. The van der Waals surface area contributed by atoms with E-state index in [1.165, 1.54) is 0 Å². The molecule has 2 amide bonds. The molecule has 1 fully saturated rings. The van der Waals surface area contributed by atoms with E-state index in [4.69, 9.17) is 11.6 Å². The van der Waals surface area contributed by atoms with Crippen molar-refractivity contribution < 1.29 is 9.59 Å². The fraction of sp³-hybridized carbons (Fsp3) is 0.263. The molecule has 1 aliphatic rings. The summed E-state index contributed by atoms with van der Waals surface area (Å²) in [7, 11) is 0. The van der Waals surface area contributed by atoms with Gasteiger partial charge in [0, 0.05) is 35.2 Å². The number of anilines is 2. The number of hydrogen-bond acceptors (Lipinski definition) is 4. The van der Waals surface area contributed by atoms with E-state index >= 15 is 0 Å². The maximum Gasteiger partial charge on any atom is 0.239 e. The molecule has 1 aliphatic heterocycles. The van der Waals surface area contributed by atoms with Gasteiger partial charge in [0.1, 0.15) is 0 Å². The smallest absolute Gasteiger partial charge is 0.239 e. The van der Waals surface area contributed by atoms with Gasteiger partial charge in [-0.25, -0.2) is 0 Å². The molecule has 0 saturated carbocycles. The number of piperazine rings is 1. The Labute approximate surface area is 162 Å². The third-order valence-corrected chi connectivity index (χ3v) is 5.23. The fourth-order valence-corrected chi connectivity index (χ4v) is 3.57. The molecule has 7 heteroatoms. The molecule has 2 aromatic carbocycles. The Bertz CT molecular complexity index is 765. The number of thioether (sulfide) groups is 1. The molecule has 26 heavy (non-hydrogen) atoms. The Morgan fingerprint density at radius 1 is 1.15 bits per heavy atom. The second-order valence-corrected chi connectivity index (χ2v) is 7.41. The Balaban J connectivity index is 1.45. The molecule has 0 spiro atoms. The molecular weight excluding hydrogens is 370 g/mol. The van der Waals surface area contributed by atoms with E-state index in [2.05, 4.69) is 10.6 Å². The zero-order chi connectivity index (χ0) is 18.4. The number of amides is 2. The number of nitrogens with one attached hydrogen (secondary N) is 2. The third kappa shape index (κ3) is 5.41. The highest BCUT2D eigenvalue weighted by molar-refractivity contribution is 7.99. The van der Waals surface area contributed by atoms with Crippen molar-refractivity contribution in [2.45, 2.75) is 5.75 Å². The van der Waals surface area contributed by atoms with Crippen LogP contribution in [-0.2, 0) is 15.3 Å². The Morgan fingerprint density at radius 3 is 2.58 bits per heavy atom. The molecule has 3 rings (SSSR count). The first-order valence-electron chi connectivity index (χ1n) is 8.34. The van der Waals surface area contributed by atoms with E-state index in [9.17, 15) is 9.59 Å². The number of rotatable bonds is 6. The highest BCUT2D eigenvalue weighted by atomic mass is 35.5. The molecule has 0 bridgehead atoms. The van der Waals surface area contributed by atoms with Crippen molar-refractivity contribution in [3.05, 3.63) is 59.1 Å². The zero-order valence-electron chi connectivity index (χ0n) is 14.2. The van der Waals surface area contributed by atoms with Crippen molar-refractivity contribution in [2.75, 3.05) is 35.6 Å². The van der Waals surface area contributed by atoms with Gasteiger partial charge in [-0.3, -0.25) is 9.59 Å². The minimum absolute atomic E-state index is 0.0333. The summed E-state index contributed by atoms with van der Waals surface area (Å²) in [6.07, 6.45) is 0. The number of nitrogens with zero attached hydrogens (tertiary/aromatic N) is 1. The Morgan fingerprint density at radius 2 is 1.88 bits per heavy atom. The molecule has 0 aromatic heterocycles. The van der Waals surface area contributed by atoms with Gasteiger partial charge in [0.05, 0.1) is 12.3 Å². The molecule has 1 saturated heterocycles. The summed E-state index contributed by atoms with van der Waals surface area (Å²) in [6, 6.07) is 15.2. The lowest BCUT2D eigenvalue weighted by atomic mass is 10.2. The summed E-state index contributed by atoms with van der Waals surface area (Å²) in [5.41, 5.74) is 2.88. The van der Waals surface area contributed by atoms with Gasteiger partial charge in [0.15, 0.2) is 0 Å². The molecule has 2 N–H and O–H groups in total.